The summed E-state index contributed by atoms with van der Waals surface area (Å²) in [5.74, 6) is 0.649. The van der Waals surface area contributed by atoms with Crippen molar-refractivity contribution in [3.63, 3.8) is 0 Å². The average molecular weight is 242 g/mol. The van der Waals surface area contributed by atoms with Gasteiger partial charge in [0.1, 0.15) is 23.0 Å². The normalized spacial score (nSPS) is 28.3. The van der Waals surface area contributed by atoms with Crippen LogP contribution < -0.4 is 0 Å². The topological polar surface area (TPSA) is 18.5 Å². The molecule has 1 heterocycles. The Balaban J connectivity index is 2.08. The second kappa shape index (κ2) is 4.46. The molecule has 1 saturated heterocycles. The van der Waals surface area contributed by atoms with Gasteiger partial charge in [-0.2, -0.15) is 0 Å². The molecule has 0 saturated carbocycles. The van der Waals surface area contributed by atoms with Crippen LogP contribution in [0.2, 0.25) is 0 Å². The van der Waals surface area contributed by atoms with E-state index in [1.807, 2.05) is 23.0 Å². The van der Waals surface area contributed by atoms with Crippen molar-refractivity contribution in [3.8, 4) is 0 Å². The van der Waals surface area contributed by atoms with E-state index in [0.717, 1.165) is 19.8 Å². The lowest BCUT2D eigenvalue weighted by atomic mass is 10.0. The standard InChI is InChI=1S/C6H11IO2/c7-9-5-6-2-1-3-8-4-6/h6H,1-5H2. The van der Waals surface area contributed by atoms with Crippen LogP contribution in [0.15, 0.2) is 0 Å². The molecule has 1 fully saturated rings. The zero-order valence-corrected chi connectivity index (χ0v) is 7.46. The SMILES string of the molecule is IOCC1CCCOC1. The highest BCUT2D eigenvalue weighted by Gasteiger charge is 2.12. The summed E-state index contributed by atoms with van der Waals surface area (Å²) >= 11 is 1.93. The summed E-state index contributed by atoms with van der Waals surface area (Å²) < 4.78 is 10.2. The quantitative estimate of drug-likeness (QED) is 0.687. The predicted molar refractivity (Wildman–Crippen MR) is 43.5 cm³/mol. The Bertz CT molecular complexity index is 68.7. The Hall–Kier alpha value is 0.650. The number of hydrogen-bond acceptors (Lipinski definition) is 2. The summed E-state index contributed by atoms with van der Waals surface area (Å²) in [5, 5.41) is 0. The molecule has 3 heteroatoms. The second-order valence-corrected chi connectivity index (χ2v) is 2.98. The first-order valence-electron chi connectivity index (χ1n) is 3.25. The lowest BCUT2D eigenvalue weighted by Crippen LogP contribution is -2.20. The molecule has 1 aliphatic rings. The number of ether oxygens (including phenoxy) is 1. The van der Waals surface area contributed by atoms with Gasteiger partial charge < -0.3 is 7.80 Å². The minimum absolute atomic E-state index is 0.649. The van der Waals surface area contributed by atoms with E-state index in [2.05, 4.69) is 0 Å². The van der Waals surface area contributed by atoms with Gasteiger partial charge in [0.05, 0.1) is 13.2 Å². The average Bonchev–Trinajstić information content (AvgIpc) is 1.91. The van der Waals surface area contributed by atoms with E-state index in [1.54, 1.807) is 0 Å². The van der Waals surface area contributed by atoms with E-state index >= 15 is 0 Å². The third-order valence-corrected chi connectivity index (χ3v) is 1.91. The Labute approximate surface area is 69.6 Å². The highest BCUT2D eigenvalue weighted by atomic mass is 127. The van der Waals surface area contributed by atoms with Crippen LogP contribution in [0.25, 0.3) is 0 Å². The smallest absolute Gasteiger partial charge is 0.109 e. The Morgan fingerprint density at radius 1 is 1.67 bits per heavy atom. The molecule has 1 atom stereocenters. The highest BCUT2D eigenvalue weighted by molar-refractivity contribution is 14.1. The fourth-order valence-electron chi connectivity index (χ4n) is 1.03. The van der Waals surface area contributed by atoms with E-state index < -0.39 is 0 Å². The van der Waals surface area contributed by atoms with E-state index in [1.165, 1.54) is 12.8 Å². The van der Waals surface area contributed by atoms with Gasteiger partial charge in [-0.15, -0.1) is 0 Å². The summed E-state index contributed by atoms with van der Waals surface area (Å²) in [6.07, 6.45) is 2.47. The van der Waals surface area contributed by atoms with Crippen LogP contribution in [0, 0.1) is 5.92 Å². The van der Waals surface area contributed by atoms with Crippen molar-refractivity contribution in [2.45, 2.75) is 12.8 Å². The highest BCUT2D eigenvalue weighted by Crippen LogP contribution is 2.14. The Kier molecular flexibility index (Phi) is 3.85. The number of rotatable bonds is 2. The van der Waals surface area contributed by atoms with Crippen molar-refractivity contribution in [2.24, 2.45) is 5.92 Å². The molecule has 0 amide bonds. The summed E-state index contributed by atoms with van der Waals surface area (Å²) in [5.41, 5.74) is 0. The first kappa shape index (κ1) is 7.75. The van der Waals surface area contributed by atoms with Crippen molar-refractivity contribution < 1.29 is 7.80 Å². The van der Waals surface area contributed by atoms with Crippen LogP contribution in [0.4, 0.5) is 0 Å². The van der Waals surface area contributed by atoms with E-state index in [4.69, 9.17) is 7.80 Å². The van der Waals surface area contributed by atoms with E-state index in [0.29, 0.717) is 5.92 Å². The minimum atomic E-state index is 0.649. The maximum absolute atomic E-state index is 5.25. The Morgan fingerprint density at radius 3 is 3.11 bits per heavy atom. The van der Waals surface area contributed by atoms with E-state index in [-0.39, 0.29) is 0 Å². The zero-order chi connectivity index (χ0) is 6.53. The molecule has 0 radical (unpaired) electrons. The first-order chi connectivity index (χ1) is 4.43. The summed E-state index contributed by atoms with van der Waals surface area (Å²) in [7, 11) is 0. The van der Waals surface area contributed by atoms with Crippen molar-refractivity contribution >= 4 is 23.0 Å². The summed E-state index contributed by atoms with van der Waals surface area (Å²) in [4.78, 5) is 0. The van der Waals surface area contributed by atoms with Crippen LogP contribution >= 0.6 is 23.0 Å². The van der Waals surface area contributed by atoms with Gasteiger partial charge in [0.15, 0.2) is 0 Å². The fraction of sp³-hybridized carbons (Fsp3) is 1.00. The number of halogens is 1. The predicted octanol–water partition coefficient (Wildman–Crippen LogP) is 1.78. The molecule has 0 aromatic heterocycles. The lowest BCUT2D eigenvalue weighted by molar-refractivity contribution is 0.0418. The van der Waals surface area contributed by atoms with Gasteiger partial charge in [0.25, 0.3) is 0 Å². The molecule has 0 aromatic rings. The van der Waals surface area contributed by atoms with Gasteiger partial charge in [0, 0.05) is 12.5 Å². The molecule has 54 valence electrons. The molecule has 0 aromatic carbocycles. The van der Waals surface area contributed by atoms with Crippen LogP contribution in [0.3, 0.4) is 0 Å². The second-order valence-electron chi connectivity index (χ2n) is 2.36. The monoisotopic (exact) mass is 242 g/mol. The van der Waals surface area contributed by atoms with Gasteiger partial charge in [-0.1, -0.05) is 0 Å². The third-order valence-electron chi connectivity index (χ3n) is 1.55. The fourth-order valence-corrected chi connectivity index (χ4v) is 1.54. The molecule has 2 nitrogen and oxygen atoms in total. The van der Waals surface area contributed by atoms with E-state index in [9.17, 15) is 0 Å². The third kappa shape index (κ3) is 2.82. The molecule has 0 aliphatic carbocycles. The van der Waals surface area contributed by atoms with Gasteiger partial charge in [0.2, 0.25) is 0 Å². The summed E-state index contributed by atoms with van der Waals surface area (Å²) in [6, 6.07) is 0. The van der Waals surface area contributed by atoms with Crippen molar-refractivity contribution in [2.75, 3.05) is 19.8 Å². The van der Waals surface area contributed by atoms with Crippen LogP contribution in [-0.2, 0) is 7.80 Å². The van der Waals surface area contributed by atoms with Gasteiger partial charge in [-0.25, -0.2) is 0 Å². The van der Waals surface area contributed by atoms with Crippen molar-refractivity contribution in [1.29, 1.82) is 0 Å². The van der Waals surface area contributed by atoms with Crippen LogP contribution in [-0.4, -0.2) is 19.8 Å². The molecule has 0 N–H and O–H groups in total. The minimum Gasteiger partial charge on any atom is -0.381 e. The maximum atomic E-state index is 5.25. The zero-order valence-electron chi connectivity index (χ0n) is 5.31. The maximum Gasteiger partial charge on any atom is 0.109 e. The lowest BCUT2D eigenvalue weighted by Gasteiger charge is -2.20. The number of hydrogen-bond donors (Lipinski definition) is 0. The molecule has 1 rings (SSSR count). The molecule has 1 unspecified atom stereocenters. The largest absolute Gasteiger partial charge is 0.381 e. The van der Waals surface area contributed by atoms with Crippen molar-refractivity contribution in [1.82, 2.24) is 0 Å². The molecule has 0 bridgehead atoms. The van der Waals surface area contributed by atoms with Crippen molar-refractivity contribution in [3.05, 3.63) is 0 Å². The summed E-state index contributed by atoms with van der Waals surface area (Å²) in [6.45, 7) is 2.68. The van der Waals surface area contributed by atoms with Gasteiger partial charge >= 0.3 is 0 Å². The molecular weight excluding hydrogens is 231 g/mol. The molecule has 0 spiro atoms. The molecule has 9 heavy (non-hydrogen) atoms. The first-order valence-corrected chi connectivity index (χ1v) is 4.13. The molecule has 1 aliphatic heterocycles. The Morgan fingerprint density at radius 2 is 2.56 bits per heavy atom. The van der Waals surface area contributed by atoms with Crippen LogP contribution in [0.5, 0.6) is 0 Å². The van der Waals surface area contributed by atoms with Gasteiger partial charge in [-0.3, -0.25) is 0 Å². The van der Waals surface area contributed by atoms with Crippen LogP contribution in [0.1, 0.15) is 12.8 Å². The van der Waals surface area contributed by atoms with Gasteiger partial charge in [-0.05, 0) is 12.8 Å². The molecular formula is C6H11IO2.